The minimum atomic E-state index is -1.30. The van der Waals surface area contributed by atoms with Gasteiger partial charge >= 0.3 is 0 Å². The predicted molar refractivity (Wildman–Crippen MR) is 65.9 cm³/mol. The van der Waals surface area contributed by atoms with E-state index in [1.54, 1.807) is 31.2 Å². The molecule has 0 radical (unpaired) electrons. The largest absolute Gasteiger partial charge is 0.317 e. The van der Waals surface area contributed by atoms with Crippen molar-refractivity contribution >= 4 is 6.29 Å². The van der Waals surface area contributed by atoms with E-state index in [2.05, 4.69) is 5.32 Å². The van der Waals surface area contributed by atoms with Crippen LogP contribution < -0.4 is 5.32 Å². The molecule has 0 bridgehead atoms. The molecule has 1 atom stereocenters. The highest BCUT2D eigenvalue weighted by Crippen LogP contribution is 2.38. The number of halogens is 1. The van der Waals surface area contributed by atoms with E-state index < -0.39 is 5.67 Å². The van der Waals surface area contributed by atoms with Crippen LogP contribution >= 0.6 is 0 Å². The van der Waals surface area contributed by atoms with Crippen LogP contribution in [0, 0.1) is 5.92 Å². The summed E-state index contributed by atoms with van der Waals surface area (Å²) < 4.78 is 14.8. The van der Waals surface area contributed by atoms with Gasteiger partial charge in [0.2, 0.25) is 0 Å². The van der Waals surface area contributed by atoms with Crippen LogP contribution in [0.25, 0.3) is 0 Å². The summed E-state index contributed by atoms with van der Waals surface area (Å²) in [7, 11) is 0. The second-order valence-corrected chi connectivity index (χ2v) is 4.84. The minimum Gasteiger partial charge on any atom is -0.317 e. The van der Waals surface area contributed by atoms with Gasteiger partial charge in [0.05, 0.1) is 0 Å². The molecule has 0 aliphatic carbocycles. The summed E-state index contributed by atoms with van der Waals surface area (Å²) >= 11 is 0. The zero-order chi connectivity index (χ0) is 12.3. The van der Waals surface area contributed by atoms with E-state index >= 15 is 0 Å². The van der Waals surface area contributed by atoms with Crippen molar-refractivity contribution in [2.75, 3.05) is 13.1 Å². The Balaban J connectivity index is 2.19. The fourth-order valence-corrected chi connectivity index (χ4v) is 2.49. The maximum atomic E-state index is 14.8. The molecule has 92 valence electrons. The summed E-state index contributed by atoms with van der Waals surface area (Å²) in [4.78, 5) is 10.6. The number of piperidine rings is 1. The molecule has 2 rings (SSSR count). The lowest BCUT2D eigenvalue weighted by Gasteiger charge is -2.34. The fraction of sp³-hybridized carbons (Fsp3) is 0.500. The molecular formula is C14H18FNO. The Morgan fingerprint density at radius 1 is 1.29 bits per heavy atom. The molecule has 1 aliphatic rings. The van der Waals surface area contributed by atoms with Gasteiger partial charge in [0.1, 0.15) is 12.0 Å². The fourth-order valence-electron chi connectivity index (χ4n) is 2.49. The van der Waals surface area contributed by atoms with Crippen LogP contribution in [-0.4, -0.2) is 19.4 Å². The van der Waals surface area contributed by atoms with Crippen LogP contribution in [0.5, 0.6) is 0 Å². The van der Waals surface area contributed by atoms with E-state index in [-0.39, 0.29) is 5.92 Å². The molecule has 1 aromatic rings. The Bertz CT molecular complexity index is 380. The van der Waals surface area contributed by atoms with Crippen LogP contribution in [-0.2, 0) is 5.67 Å². The summed E-state index contributed by atoms with van der Waals surface area (Å²) in [6, 6.07) is 6.82. The quantitative estimate of drug-likeness (QED) is 0.816. The first-order valence-corrected chi connectivity index (χ1v) is 6.10. The molecule has 1 unspecified atom stereocenters. The molecule has 1 saturated heterocycles. The summed E-state index contributed by atoms with van der Waals surface area (Å²) in [5.41, 5.74) is -0.0337. The molecule has 0 saturated carbocycles. The highest BCUT2D eigenvalue weighted by molar-refractivity contribution is 5.74. The van der Waals surface area contributed by atoms with Crippen molar-refractivity contribution in [3.63, 3.8) is 0 Å². The second kappa shape index (κ2) is 4.96. The van der Waals surface area contributed by atoms with Gasteiger partial charge in [-0.25, -0.2) is 4.39 Å². The SMILES string of the molecule is CC(F)(c1ccc(C=O)cc1)C1CCNCC1. The number of alkyl halides is 1. The standard InChI is InChI=1S/C14H18FNO/c1-14(15,13-6-8-16-9-7-13)12-4-2-11(10-17)3-5-12/h2-5,10,13,16H,6-9H2,1H3. The van der Waals surface area contributed by atoms with Crippen molar-refractivity contribution in [3.05, 3.63) is 35.4 Å². The Morgan fingerprint density at radius 2 is 1.88 bits per heavy atom. The molecule has 1 aliphatic heterocycles. The molecule has 1 heterocycles. The van der Waals surface area contributed by atoms with Crippen LogP contribution in [0.2, 0.25) is 0 Å². The maximum absolute atomic E-state index is 14.8. The maximum Gasteiger partial charge on any atom is 0.150 e. The molecule has 0 amide bonds. The van der Waals surface area contributed by atoms with Crippen LogP contribution in [0.15, 0.2) is 24.3 Å². The third-order valence-corrected chi connectivity index (χ3v) is 3.72. The average molecular weight is 235 g/mol. The summed E-state index contributed by atoms with van der Waals surface area (Å²) in [5.74, 6) is 0.0610. The Labute approximate surface area is 101 Å². The summed E-state index contributed by atoms with van der Waals surface area (Å²) in [6.45, 7) is 3.42. The van der Waals surface area contributed by atoms with Crippen molar-refractivity contribution in [1.82, 2.24) is 5.32 Å². The number of hydrogen-bond donors (Lipinski definition) is 1. The van der Waals surface area contributed by atoms with Gasteiger partial charge < -0.3 is 5.32 Å². The van der Waals surface area contributed by atoms with Gasteiger partial charge in [-0.3, -0.25) is 4.79 Å². The van der Waals surface area contributed by atoms with Crippen LogP contribution in [0.3, 0.4) is 0 Å². The molecule has 1 fully saturated rings. The lowest BCUT2D eigenvalue weighted by atomic mass is 9.79. The Morgan fingerprint density at radius 3 is 2.41 bits per heavy atom. The topological polar surface area (TPSA) is 29.1 Å². The number of benzene rings is 1. The number of rotatable bonds is 3. The molecular weight excluding hydrogens is 217 g/mol. The zero-order valence-electron chi connectivity index (χ0n) is 10.1. The molecule has 17 heavy (non-hydrogen) atoms. The van der Waals surface area contributed by atoms with Crippen molar-refractivity contribution in [2.45, 2.75) is 25.4 Å². The van der Waals surface area contributed by atoms with E-state index in [9.17, 15) is 9.18 Å². The number of carbonyl (C=O) groups is 1. The number of carbonyl (C=O) groups excluding carboxylic acids is 1. The Hall–Kier alpha value is -1.22. The zero-order valence-corrected chi connectivity index (χ0v) is 10.1. The van der Waals surface area contributed by atoms with E-state index in [1.807, 2.05) is 0 Å². The van der Waals surface area contributed by atoms with Gasteiger partial charge in [-0.05, 0) is 44.3 Å². The molecule has 1 N–H and O–H groups in total. The first-order valence-electron chi connectivity index (χ1n) is 6.10. The lowest BCUT2D eigenvalue weighted by Crippen LogP contribution is -2.37. The first kappa shape index (κ1) is 12.2. The number of aldehydes is 1. The van der Waals surface area contributed by atoms with Crippen molar-refractivity contribution < 1.29 is 9.18 Å². The van der Waals surface area contributed by atoms with E-state index in [4.69, 9.17) is 0 Å². The van der Waals surface area contributed by atoms with Crippen LogP contribution in [0.1, 0.15) is 35.7 Å². The number of hydrogen-bond acceptors (Lipinski definition) is 2. The van der Waals surface area contributed by atoms with E-state index in [1.165, 1.54) is 0 Å². The first-order chi connectivity index (χ1) is 8.14. The highest BCUT2D eigenvalue weighted by atomic mass is 19.1. The summed E-state index contributed by atoms with van der Waals surface area (Å²) in [5, 5.41) is 3.24. The number of nitrogens with one attached hydrogen (secondary N) is 1. The monoisotopic (exact) mass is 235 g/mol. The predicted octanol–water partition coefficient (Wildman–Crippen LogP) is 2.68. The minimum absolute atomic E-state index is 0.0610. The molecule has 3 heteroatoms. The van der Waals surface area contributed by atoms with Gasteiger partial charge in [0.15, 0.2) is 0 Å². The van der Waals surface area contributed by atoms with E-state index in [0.717, 1.165) is 32.2 Å². The van der Waals surface area contributed by atoms with Gasteiger partial charge in [-0.15, -0.1) is 0 Å². The lowest BCUT2D eigenvalue weighted by molar-refractivity contribution is 0.0772. The van der Waals surface area contributed by atoms with E-state index in [0.29, 0.717) is 11.1 Å². The van der Waals surface area contributed by atoms with Gasteiger partial charge in [0, 0.05) is 5.56 Å². The normalized spacial score (nSPS) is 20.8. The molecule has 2 nitrogen and oxygen atoms in total. The van der Waals surface area contributed by atoms with Crippen molar-refractivity contribution in [2.24, 2.45) is 5.92 Å². The third kappa shape index (κ3) is 2.55. The average Bonchev–Trinajstić information content (AvgIpc) is 2.40. The van der Waals surface area contributed by atoms with Crippen molar-refractivity contribution in [1.29, 1.82) is 0 Å². The highest BCUT2D eigenvalue weighted by Gasteiger charge is 2.36. The van der Waals surface area contributed by atoms with Gasteiger partial charge in [0.25, 0.3) is 0 Å². The van der Waals surface area contributed by atoms with Gasteiger partial charge in [-0.2, -0.15) is 0 Å². The van der Waals surface area contributed by atoms with Crippen LogP contribution in [0.4, 0.5) is 4.39 Å². The third-order valence-electron chi connectivity index (χ3n) is 3.72. The molecule has 0 spiro atoms. The van der Waals surface area contributed by atoms with Crippen molar-refractivity contribution in [3.8, 4) is 0 Å². The smallest absolute Gasteiger partial charge is 0.150 e. The summed E-state index contributed by atoms with van der Waals surface area (Å²) in [6.07, 6.45) is 2.51. The van der Waals surface area contributed by atoms with Gasteiger partial charge in [-0.1, -0.05) is 24.3 Å². The Kier molecular flexibility index (Phi) is 3.57. The molecule has 1 aromatic carbocycles. The molecule has 0 aromatic heterocycles. The second-order valence-electron chi connectivity index (χ2n) is 4.84.